The Morgan fingerprint density at radius 2 is 2.29 bits per heavy atom. The normalized spacial score (nSPS) is 10.7. The van der Waals surface area contributed by atoms with Crippen molar-refractivity contribution in [2.45, 2.75) is 19.9 Å². The average molecular weight is 309 g/mol. The largest absolute Gasteiger partial charge is 0.461 e. The number of rotatable bonds is 4. The first kappa shape index (κ1) is 14.0. The highest BCUT2D eigenvalue weighted by atomic mass is 79.9. The van der Waals surface area contributed by atoms with Crippen LogP contribution in [0.3, 0.4) is 0 Å². The smallest absolute Gasteiger partial charge is 0.356 e. The lowest BCUT2D eigenvalue weighted by atomic mass is 10.2. The van der Waals surface area contributed by atoms with Gasteiger partial charge in [-0.1, -0.05) is 0 Å². The van der Waals surface area contributed by atoms with Crippen molar-refractivity contribution < 1.29 is 18.3 Å². The molecule has 0 radical (unpaired) electrons. The molecule has 0 aliphatic heterocycles. The van der Waals surface area contributed by atoms with Gasteiger partial charge in [-0.05, 0) is 34.5 Å². The predicted octanol–water partition coefficient (Wildman–Crippen LogP) is 2.42. The van der Waals surface area contributed by atoms with Crippen LogP contribution in [0.2, 0.25) is 0 Å². The summed E-state index contributed by atoms with van der Waals surface area (Å²) in [5.74, 6) is -0.739. The quantitative estimate of drug-likeness (QED) is 0.868. The molecule has 0 aliphatic carbocycles. The van der Waals surface area contributed by atoms with Crippen molar-refractivity contribution in [3.05, 3.63) is 27.5 Å². The van der Waals surface area contributed by atoms with Gasteiger partial charge in [-0.15, -0.1) is 0 Å². The summed E-state index contributed by atoms with van der Waals surface area (Å²) in [6.45, 7) is 1.79. The average Bonchev–Trinajstić information content (AvgIpc) is 2.29. The van der Waals surface area contributed by atoms with Gasteiger partial charge >= 0.3 is 5.97 Å². The van der Waals surface area contributed by atoms with Gasteiger partial charge in [0.05, 0.1) is 6.61 Å². The molecule has 0 fully saturated rings. The molecule has 1 aromatic rings. The molecular formula is C10H11BrF2N2O2. The molecule has 0 amide bonds. The minimum atomic E-state index is -2.79. The van der Waals surface area contributed by atoms with E-state index in [4.69, 9.17) is 10.5 Å². The maximum Gasteiger partial charge on any atom is 0.356 e. The van der Waals surface area contributed by atoms with Crippen LogP contribution in [0, 0.1) is 0 Å². The third-order valence-electron chi connectivity index (χ3n) is 1.97. The fourth-order valence-electron chi connectivity index (χ4n) is 1.21. The molecule has 0 spiro atoms. The molecule has 2 N–H and O–H groups in total. The van der Waals surface area contributed by atoms with E-state index in [-0.39, 0.29) is 23.3 Å². The second kappa shape index (κ2) is 6.02. The Morgan fingerprint density at radius 1 is 1.65 bits per heavy atom. The van der Waals surface area contributed by atoms with Crippen LogP contribution in [0.15, 0.2) is 10.5 Å². The first-order valence-electron chi connectivity index (χ1n) is 4.85. The number of pyridine rings is 1. The summed E-state index contributed by atoms with van der Waals surface area (Å²) in [5.41, 5.74) is 5.13. The molecule has 0 atom stereocenters. The van der Waals surface area contributed by atoms with Gasteiger partial charge in [-0.3, -0.25) is 0 Å². The third-order valence-corrected chi connectivity index (χ3v) is 2.89. The van der Waals surface area contributed by atoms with E-state index in [1.807, 2.05) is 0 Å². The number of hydrogen-bond acceptors (Lipinski definition) is 4. The minimum absolute atomic E-state index is 0.0230. The monoisotopic (exact) mass is 308 g/mol. The molecule has 4 nitrogen and oxygen atoms in total. The molecule has 7 heteroatoms. The topological polar surface area (TPSA) is 65.2 Å². The van der Waals surface area contributed by atoms with Crippen LogP contribution in [0.4, 0.5) is 8.78 Å². The van der Waals surface area contributed by atoms with Crippen molar-refractivity contribution in [3.63, 3.8) is 0 Å². The van der Waals surface area contributed by atoms with Crippen LogP contribution in [-0.4, -0.2) is 17.6 Å². The Kier molecular flexibility index (Phi) is 4.95. The maximum absolute atomic E-state index is 12.7. The van der Waals surface area contributed by atoms with Crippen LogP contribution in [0.25, 0.3) is 0 Å². The van der Waals surface area contributed by atoms with Crippen LogP contribution in [-0.2, 0) is 11.3 Å². The lowest BCUT2D eigenvalue weighted by Crippen LogP contribution is -2.12. The van der Waals surface area contributed by atoms with Gasteiger partial charge in [0.2, 0.25) is 0 Å². The van der Waals surface area contributed by atoms with E-state index in [0.717, 1.165) is 0 Å². The Bertz CT molecular complexity index is 427. The Morgan fingerprint density at radius 3 is 2.76 bits per heavy atom. The summed E-state index contributed by atoms with van der Waals surface area (Å²) in [7, 11) is 0. The SMILES string of the molecule is CCOC(=O)c1cc(CN)c(Br)c(C(F)F)n1. The fourth-order valence-corrected chi connectivity index (χ4v) is 1.74. The van der Waals surface area contributed by atoms with Crippen molar-refractivity contribution in [2.75, 3.05) is 6.61 Å². The molecule has 0 unspecified atom stereocenters. The first-order valence-corrected chi connectivity index (χ1v) is 5.65. The van der Waals surface area contributed by atoms with Crippen molar-refractivity contribution in [2.24, 2.45) is 5.73 Å². The number of hydrogen-bond donors (Lipinski definition) is 1. The first-order chi connectivity index (χ1) is 8.01. The Labute approximate surface area is 105 Å². The van der Waals surface area contributed by atoms with E-state index < -0.39 is 18.1 Å². The van der Waals surface area contributed by atoms with Crippen LogP contribution in [0.5, 0.6) is 0 Å². The molecule has 17 heavy (non-hydrogen) atoms. The van der Waals surface area contributed by atoms with E-state index >= 15 is 0 Å². The molecule has 1 heterocycles. The number of carbonyl (C=O) groups is 1. The van der Waals surface area contributed by atoms with Crippen molar-refractivity contribution in [1.29, 1.82) is 0 Å². The molecule has 94 valence electrons. The molecule has 0 aliphatic rings. The number of carbonyl (C=O) groups excluding carboxylic acids is 1. The zero-order valence-electron chi connectivity index (χ0n) is 9.04. The second-order valence-electron chi connectivity index (χ2n) is 3.09. The van der Waals surface area contributed by atoms with Crippen molar-refractivity contribution in [1.82, 2.24) is 4.98 Å². The number of halogens is 3. The number of ether oxygens (including phenoxy) is 1. The summed E-state index contributed by atoms with van der Waals surface area (Å²) in [5, 5.41) is 0. The van der Waals surface area contributed by atoms with Crippen LogP contribution < -0.4 is 5.73 Å². The molecule has 0 saturated carbocycles. The van der Waals surface area contributed by atoms with E-state index in [9.17, 15) is 13.6 Å². The lowest BCUT2D eigenvalue weighted by Gasteiger charge is -2.10. The highest BCUT2D eigenvalue weighted by molar-refractivity contribution is 9.10. The zero-order chi connectivity index (χ0) is 13.0. The maximum atomic E-state index is 12.7. The second-order valence-corrected chi connectivity index (χ2v) is 3.88. The summed E-state index contributed by atoms with van der Waals surface area (Å²) in [6, 6.07) is 1.34. The Hall–Kier alpha value is -1.08. The summed E-state index contributed by atoms with van der Waals surface area (Å²) >= 11 is 2.99. The molecular weight excluding hydrogens is 298 g/mol. The van der Waals surface area contributed by atoms with Crippen molar-refractivity contribution >= 4 is 21.9 Å². The third kappa shape index (κ3) is 3.19. The number of nitrogens with two attached hydrogens (primary N) is 1. The molecule has 0 saturated heterocycles. The molecule has 1 rings (SSSR count). The predicted molar refractivity (Wildman–Crippen MR) is 60.7 cm³/mol. The minimum Gasteiger partial charge on any atom is -0.461 e. The summed E-state index contributed by atoms with van der Waals surface area (Å²) < 4.78 is 30.2. The van der Waals surface area contributed by atoms with Crippen LogP contribution in [0.1, 0.15) is 35.1 Å². The fraction of sp³-hybridized carbons (Fsp3) is 0.400. The van der Waals surface area contributed by atoms with Gasteiger partial charge in [0.25, 0.3) is 6.43 Å². The lowest BCUT2D eigenvalue weighted by molar-refractivity contribution is 0.0517. The van der Waals surface area contributed by atoms with Crippen LogP contribution >= 0.6 is 15.9 Å². The standard InChI is InChI=1S/C10H11BrF2N2O2/c1-2-17-10(16)6-3-5(4-14)7(11)8(15-6)9(12)13/h3,9H,2,4,14H2,1H3. The van der Waals surface area contributed by atoms with E-state index in [1.54, 1.807) is 6.92 Å². The number of esters is 1. The van der Waals surface area contributed by atoms with Gasteiger partial charge < -0.3 is 10.5 Å². The van der Waals surface area contributed by atoms with Crippen molar-refractivity contribution in [3.8, 4) is 0 Å². The van der Waals surface area contributed by atoms with Gasteiger partial charge in [0.15, 0.2) is 0 Å². The highest BCUT2D eigenvalue weighted by Gasteiger charge is 2.20. The van der Waals surface area contributed by atoms with E-state index in [2.05, 4.69) is 20.9 Å². The zero-order valence-corrected chi connectivity index (χ0v) is 10.6. The number of alkyl halides is 2. The Balaban J connectivity index is 3.25. The number of nitrogens with zero attached hydrogens (tertiary/aromatic N) is 1. The van der Waals surface area contributed by atoms with Gasteiger partial charge in [0.1, 0.15) is 11.4 Å². The van der Waals surface area contributed by atoms with Gasteiger partial charge in [-0.2, -0.15) is 0 Å². The molecule has 1 aromatic heterocycles. The molecule has 0 bridgehead atoms. The number of aromatic nitrogens is 1. The van der Waals surface area contributed by atoms with E-state index in [0.29, 0.717) is 5.56 Å². The summed E-state index contributed by atoms with van der Waals surface area (Å²) in [6.07, 6.45) is -2.79. The highest BCUT2D eigenvalue weighted by Crippen LogP contribution is 2.29. The molecule has 0 aromatic carbocycles. The van der Waals surface area contributed by atoms with Gasteiger partial charge in [-0.25, -0.2) is 18.6 Å². The van der Waals surface area contributed by atoms with Gasteiger partial charge in [0, 0.05) is 11.0 Å². The van der Waals surface area contributed by atoms with E-state index in [1.165, 1.54) is 6.07 Å². The summed E-state index contributed by atoms with van der Waals surface area (Å²) in [4.78, 5) is 15.0.